The summed E-state index contributed by atoms with van der Waals surface area (Å²) in [7, 11) is 0. The molecule has 3 heterocycles. The summed E-state index contributed by atoms with van der Waals surface area (Å²) in [5.74, 6) is 1.66. The zero-order valence-electron chi connectivity index (χ0n) is 14.1. The summed E-state index contributed by atoms with van der Waals surface area (Å²) in [6, 6.07) is 4.13. The summed E-state index contributed by atoms with van der Waals surface area (Å²) < 4.78 is 10.7. The molecule has 1 atom stereocenters. The number of carbonyl (C=O) groups is 1. The van der Waals surface area contributed by atoms with Crippen LogP contribution in [0.5, 0.6) is 0 Å². The van der Waals surface area contributed by atoms with Gasteiger partial charge >= 0.3 is 0 Å². The third-order valence-electron chi connectivity index (χ3n) is 4.73. The van der Waals surface area contributed by atoms with Crippen LogP contribution in [0.3, 0.4) is 0 Å². The highest BCUT2D eigenvalue weighted by Crippen LogP contribution is 2.29. The molecule has 132 valence electrons. The van der Waals surface area contributed by atoms with Crippen LogP contribution < -0.4 is 0 Å². The van der Waals surface area contributed by atoms with Crippen molar-refractivity contribution >= 4 is 5.91 Å². The first-order valence-corrected chi connectivity index (χ1v) is 8.90. The van der Waals surface area contributed by atoms with E-state index in [1.165, 1.54) is 0 Å². The number of carbonyl (C=O) groups excluding carboxylic acids is 1. The van der Waals surface area contributed by atoms with Gasteiger partial charge in [0.1, 0.15) is 0 Å². The van der Waals surface area contributed by atoms with Crippen LogP contribution in [0.4, 0.5) is 0 Å². The Morgan fingerprint density at radius 2 is 2.24 bits per heavy atom. The lowest BCUT2D eigenvalue weighted by Gasteiger charge is -2.25. The van der Waals surface area contributed by atoms with Gasteiger partial charge in [-0.25, -0.2) is 0 Å². The molecule has 2 aliphatic rings. The maximum absolute atomic E-state index is 12.6. The van der Waals surface area contributed by atoms with Crippen molar-refractivity contribution in [2.75, 3.05) is 19.8 Å². The van der Waals surface area contributed by atoms with E-state index in [4.69, 9.17) is 9.26 Å². The Bertz CT molecular complexity index is 708. The van der Waals surface area contributed by atoms with E-state index in [9.17, 15) is 4.79 Å². The van der Waals surface area contributed by atoms with E-state index in [0.29, 0.717) is 36.5 Å². The number of nitrogens with zero attached hydrogens (tertiary/aromatic N) is 4. The summed E-state index contributed by atoms with van der Waals surface area (Å²) in [6.07, 6.45) is 7.54. The van der Waals surface area contributed by atoms with E-state index < -0.39 is 0 Å². The lowest BCUT2D eigenvalue weighted by molar-refractivity contribution is -0.132. The number of hydrogen-bond donors (Lipinski definition) is 0. The Labute approximate surface area is 146 Å². The maximum Gasteiger partial charge on any atom is 0.227 e. The SMILES string of the molecule is O=C(CCc1nc(-c2cccnc2)no1)N(CC1CCOC1)C1CC1. The number of ether oxygens (including phenoxy) is 1. The molecule has 2 fully saturated rings. The molecule has 2 aromatic heterocycles. The summed E-state index contributed by atoms with van der Waals surface area (Å²) in [5, 5.41) is 3.97. The van der Waals surface area contributed by atoms with Gasteiger partial charge in [0.15, 0.2) is 0 Å². The minimum atomic E-state index is 0.176. The van der Waals surface area contributed by atoms with E-state index in [1.807, 2.05) is 17.0 Å². The molecule has 7 nitrogen and oxygen atoms in total. The average Bonchev–Trinajstić information content (AvgIpc) is 3.16. The molecular weight excluding hydrogens is 320 g/mol. The molecule has 1 saturated heterocycles. The Morgan fingerprint density at radius 3 is 2.96 bits per heavy atom. The Balaban J connectivity index is 1.33. The molecule has 0 radical (unpaired) electrons. The number of aryl methyl sites for hydroxylation is 1. The first-order chi connectivity index (χ1) is 12.3. The summed E-state index contributed by atoms with van der Waals surface area (Å²) in [4.78, 5) is 23.1. The van der Waals surface area contributed by atoms with Gasteiger partial charge in [-0.05, 0) is 31.4 Å². The number of rotatable bonds is 7. The van der Waals surface area contributed by atoms with E-state index >= 15 is 0 Å². The number of amides is 1. The second kappa shape index (κ2) is 7.31. The van der Waals surface area contributed by atoms with Crippen LogP contribution in [0.15, 0.2) is 29.0 Å². The third kappa shape index (κ3) is 4.04. The highest BCUT2D eigenvalue weighted by molar-refractivity contribution is 5.77. The molecule has 0 spiro atoms. The van der Waals surface area contributed by atoms with E-state index in [-0.39, 0.29) is 5.91 Å². The zero-order chi connectivity index (χ0) is 17.1. The molecule has 1 aliphatic carbocycles. The minimum Gasteiger partial charge on any atom is -0.381 e. The van der Waals surface area contributed by atoms with Crippen LogP contribution in [-0.4, -0.2) is 51.7 Å². The maximum atomic E-state index is 12.6. The molecule has 0 N–H and O–H groups in total. The van der Waals surface area contributed by atoms with E-state index in [2.05, 4.69) is 15.1 Å². The smallest absolute Gasteiger partial charge is 0.227 e. The molecule has 4 rings (SSSR count). The van der Waals surface area contributed by atoms with Crippen molar-refractivity contribution in [3.05, 3.63) is 30.4 Å². The van der Waals surface area contributed by atoms with Gasteiger partial charge < -0.3 is 14.2 Å². The number of pyridine rings is 1. The van der Waals surface area contributed by atoms with Crippen molar-refractivity contribution < 1.29 is 14.1 Å². The van der Waals surface area contributed by atoms with Gasteiger partial charge in [-0.15, -0.1) is 0 Å². The molecule has 1 unspecified atom stereocenters. The standard InChI is InChI=1S/C18H22N4O3/c23-17(22(15-3-4-15)11-13-7-9-24-12-13)6-5-16-20-18(21-25-16)14-2-1-8-19-10-14/h1-2,8,10,13,15H,3-7,9,11-12H2. The molecule has 7 heteroatoms. The zero-order valence-corrected chi connectivity index (χ0v) is 14.1. The Kier molecular flexibility index (Phi) is 4.74. The molecule has 1 saturated carbocycles. The van der Waals surface area contributed by atoms with Crippen molar-refractivity contribution in [3.8, 4) is 11.4 Å². The minimum absolute atomic E-state index is 0.176. The molecule has 2 aromatic rings. The highest BCUT2D eigenvalue weighted by atomic mass is 16.5. The predicted octanol–water partition coefficient (Wildman–Crippen LogP) is 2.09. The molecule has 1 aliphatic heterocycles. The average molecular weight is 342 g/mol. The van der Waals surface area contributed by atoms with Crippen LogP contribution in [0.25, 0.3) is 11.4 Å². The van der Waals surface area contributed by atoms with Crippen molar-refractivity contribution in [2.45, 2.75) is 38.1 Å². The van der Waals surface area contributed by atoms with Crippen molar-refractivity contribution in [3.63, 3.8) is 0 Å². The topological polar surface area (TPSA) is 81.3 Å². The van der Waals surface area contributed by atoms with Crippen molar-refractivity contribution in [2.24, 2.45) is 5.92 Å². The van der Waals surface area contributed by atoms with Crippen LogP contribution in [-0.2, 0) is 16.0 Å². The van der Waals surface area contributed by atoms with Gasteiger partial charge in [0.05, 0.1) is 6.61 Å². The third-order valence-corrected chi connectivity index (χ3v) is 4.73. The van der Waals surface area contributed by atoms with Gasteiger partial charge in [0.25, 0.3) is 0 Å². The van der Waals surface area contributed by atoms with Gasteiger partial charge in [-0.1, -0.05) is 5.16 Å². The molecule has 1 amide bonds. The van der Waals surface area contributed by atoms with E-state index in [0.717, 1.165) is 44.6 Å². The Morgan fingerprint density at radius 1 is 1.32 bits per heavy atom. The van der Waals surface area contributed by atoms with Gasteiger partial charge in [0, 0.05) is 55.9 Å². The second-order valence-corrected chi connectivity index (χ2v) is 6.76. The fourth-order valence-electron chi connectivity index (χ4n) is 3.17. The fraction of sp³-hybridized carbons (Fsp3) is 0.556. The Hall–Kier alpha value is -2.28. The summed E-state index contributed by atoms with van der Waals surface area (Å²) >= 11 is 0. The quantitative estimate of drug-likeness (QED) is 0.766. The lowest BCUT2D eigenvalue weighted by Crippen LogP contribution is -2.37. The number of aromatic nitrogens is 3. The highest BCUT2D eigenvalue weighted by Gasteiger charge is 2.34. The fourth-order valence-corrected chi connectivity index (χ4v) is 3.17. The van der Waals surface area contributed by atoms with Crippen LogP contribution in [0.1, 0.15) is 31.6 Å². The monoisotopic (exact) mass is 342 g/mol. The van der Waals surface area contributed by atoms with E-state index in [1.54, 1.807) is 12.4 Å². The van der Waals surface area contributed by atoms with Crippen LogP contribution in [0, 0.1) is 5.92 Å². The normalized spacial score (nSPS) is 19.9. The number of hydrogen-bond acceptors (Lipinski definition) is 6. The summed E-state index contributed by atoms with van der Waals surface area (Å²) in [6.45, 7) is 2.40. The largest absolute Gasteiger partial charge is 0.381 e. The first-order valence-electron chi connectivity index (χ1n) is 8.90. The van der Waals surface area contributed by atoms with Gasteiger partial charge in [0.2, 0.25) is 17.6 Å². The van der Waals surface area contributed by atoms with Crippen molar-refractivity contribution in [1.29, 1.82) is 0 Å². The molecular formula is C18H22N4O3. The lowest BCUT2D eigenvalue weighted by atomic mass is 10.1. The van der Waals surface area contributed by atoms with Crippen molar-refractivity contribution in [1.82, 2.24) is 20.0 Å². The second-order valence-electron chi connectivity index (χ2n) is 6.76. The van der Waals surface area contributed by atoms with Gasteiger partial charge in [-0.2, -0.15) is 4.98 Å². The first kappa shape index (κ1) is 16.2. The molecule has 0 bridgehead atoms. The predicted molar refractivity (Wildman–Crippen MR) is 89.5 cm³/mol. The summed E-state index contributed by atoms with van der Waals surface area (Å²) in [5.41, 5.74) is 0.810. The van der Waals surface area contributed by atoms with Crippen LogP contribution in [0.2, 0.25) is 0 Å². The molecule has 0 aromatic carbocycles. The van der Waals surface area contributed by atoms with Crippen LogP contribution >= 0.6 is 0 Å². The van der Waals surface area contributed by atoms with Gasteiger partial charge in [-0.3, -0.25) is 9.78 Å². The molecule has 25 heavy (non-hydrogen) atoms.